The molecule has 0 saturated carbocycles. The Morgan fingerprint density at radius 2 is 1.35 bits per heavy atom. The number of hydrogen-bond acceptors (Lipinski definition) is 4. The summed E-state index contributed by atoms with van der Waals surface area (Å²) in [6, 6.07) is 0. The molecule has 9 nitrogen and oxygen atoms in total. The van der Waals surface area contributed by atoms with Crippen molar-refractivity contribution in [2.24, 2.45) is 5.73 Å². The standard InChI is InChI=1S/C4H13NO7P2.K.Na.H2O.2H/c5-3-1-2-4(6,13(7,8)9)14(10,11)12;;;;;/h6H,1-3,5H2,(H2,7,8,9)(H2,10,11,12);;;1H2;;. The second-order valence-corrected chi connectivity index (χ2v) is 6.76. The van der Waals surface area contributed by atoms with Crippen molar-refractivity contribution in [1.29, 1.82) is 0 Å². The molecule has 0 aliphatic rings. The van der Waals surface area contributed by atoms with Gasteiger partial charge in [-0.25, -0.2) is 0 Å². The van der Waals surface area contributed by atoms with Crippen molar-refractivity contribution in [2.75, 3.05) is 6.54 Å². The molecule has 0 rings (SSSR count). The molecule has 0 aromatic heterocycles. The Morgan fingerprint density at radius 1 is 1.06 bits per heavy atom. The molecule has 0 bridgehead atoms. The fraction of sp³-hybridized carbons (Fsp3) is 1.00. The molecule has 0 spiro atoms. The third-order valence-electron chi connectivity index (χ3n) is 1.65. The van der Waals surface area contributed by atoms with Crippen LogP contribution in [-0.2, 0) is 9.13 Å². The molecule has 0 aromatic rings. The van der Waals surface area contributed by atoms with Gasteiger partial charge in [0.05, 0.1) is 0 Å². The number of rotatable bonds is 5. The maximum atomic E-state index is 10.7. The average Bonchev–Trinajstić information content (AvgIpc) is 1.95. The minimum atomic E-state index is -5.30. The van der Waals surface area contributed by atoms with E-state index in [1.165, 1.54) is 0 Å². The Labute approximate surface area is 163 Å². The molecular weight excluding hydrogens is 314 g/mol. The van der Waals surface area contributed by atoms with Crippen molar-refractivity contribution in [2.45, 2.75) is 17.9 Å². The Balaban J connectivity index is -0.000000282. The maximum absolute atomic E-state index is 10.7. The summed E-state index contributed by atoms with van der Waals surface area (Å²) in [6.45, 7) is -0.0394. The van der Waals surface area contributed by atoms with E-state index in [2.05, 4.69) is 0 Å². The summed E-state index contributed by atoms with van der Waals surface area (Å²) < 4.78 is 21.4. The van der Waals surface area contributed by atoms with Gasteiger partial charge in [0, 0.05) is 6.42 Å². The van der Waals surface area contributed by atoms with E-state index in [1.807, 2.05) is 0 Å². The molecule has 0 amide bonds. The monoisotopic (exact) mass is 331 g/mol. The number of hydrogen-bond donors (Lipinski definition) is 6. The van der Waals surface area contributed by atoms with Gasteiger partial charge in [0.15, 0.2) is 0 Å². The van der Waals surface area contributed by atoms with Crippen LogP contribution in [0.4, 0.5) is 0 Å². The van der Waals surface area contributed by atoms with Crippen LogP contribution in [0, 0.1) is 0 Å². The molecule has 0 aliphatic carbocycles. The molecule has 0 fully saturated rings. The van der Waals surface area contributed by atoms with Gasteiger partial charge in [-0.2, -0.15) is 0 Å². The van der Waals surface area contributed by atoms with Crippen LogP contribution in [0.3, 0.4) is 0 Å². The first-order valence-electron chi connectivity index (χ1n) is 3.60. The Kier molecular flexibility index (Phi) is 17.4. The van der Waals surface area contributed by atoms with E-state index in [0.717, 1.165) is 0 Å². The van der Waals surface area contributed by atoms with E-state index >= 15 is 0 Å². The van der Waals surface area contributed by atoms with Gasteiger partial charge in [-0.15, -0.1) is 0 Å². The van der Waals surface area contributed by atoms with Crippen LogP contribution < -0.4 is 5.73 Å². The van der Waals surface area contributed by atoms with Gasteiger partial charge >= 0.3 is 96.1 Å². The summed E-state index contributed by atoms with van der Waals surface area (Å²) in [6.07, 6.45) is -0.856. The molecule has 0 radical (unpaired) electrons. The molecule has 17 heavy (non-hydrogen) atoms. The first-order chi connectivity index (χ1) is 6.06. The van der Waals surface area contributed by atoms with Crippen LogP contribution in [0.15, 0.2) is 0 Å². The van der Waals surface area contributed by atoms with E-state index in [0.29, 0.717) is 0 Å². The Morgan fingerprint density at radius 3 is 1.53 bits per heavy atom. The SMILES string of the molecule is NCCCC(O)(P(=O)(O)O)P(=O)(O)O.O.[KH].[NaH]. The van der Waals surface area contributed by atoms with Gasteiger partial charge in [0.1, 0.15) is 0 Å². The molecule has 0 unspecified atom stereocenters. The van der Waals surface area contributed by atoms with Gasteiger partial charge in [-0.05, 0) is 13.0 Å². The van der Waals surface area contributed by atoms with Gasteiger partial charge in [-0.1, -0.05) is 0 Å². The van der Waals surface area contributed by atoms with Gasteiger partial charge in [0.25, 0.3) is 5.08 Å². The van der Waals surface area contributed by atoms with Crippen molar-refractivity contribution in [3.05, 3.63) is 0 Å². The van der Waals surface area contributed by atoms with Gasteiger partial charge in [0.2, 0.25) is 0 Å². The van der Waals surface area contributed by atoms with Crippen LogP contribution in [0.5, 0.6) is 0 Å². The van der Waals surface area contributed by atoms with Gasteiger partial charge < -0.3 is 35.9 Å². The van der Waals surface area contributed by atoms with Crippen molar-refractivity contribution in [3.8, 4) is 0 Å². The molecule has 13 heteroatoms. The fourth-order valence-corrected chi connectivity index (χ4v) is 3.06. The van der Waals surface area contributed by atoms with E-state index < -0.39 is 26.7 Å². The summed E-state index contributed by atoms with van der Waals surface area (Å²) in [5.41, 5.74) is 5.01. The van der Waals surface area contributed by atoms with E-state index in [4.69, 9.17) is 25.3 Å². The zero-order chi connectivity index (χ0) is 11.6. The molecule has 98 valence electrons. The second kappa shape index (κ2) is 10.5. The molecular formula is C4H17KNNaO8P2. The zero-order valence-corrected chi connectivity index (χ0v) is 9.43. The summed E-state index contributed by atoms with van der Waals surface area (Å²) in [4.78, 5) is 34.5. The first-order valence-corrected chi connectivity index (χ1v) is 6.82. The summed E-state index contributed by atoms with van der Waals surface area (Å²) in [5, 5.41) is 5.91. The third kappa shape index (κ3) is 7.98. The van der Waals surface area contributed by atoms with Gasteiger partial charge in [-0.3, -0.25) is 9.13 Å². The quantitative estimate of drug-likeness (QED) is 0.222. The minimum absolute atomic E-state index is 0. The Hall–Kier alpha value is 2.82. The average molecular weight is 331 g/mol. The topological polar surface area (TPSA) is 193 Å². The normalized spacial score (nSPS) is 11.9. The molecule has 0 heterocycles. The number of aliphatic hydroxyl groups is 1. The number of nitrogens with two attached hydrogens (primary N) is 1. The second-order valence-electron chi connectivity index (χ2n) is 2.75. The van der Waals surface area contributed by atoms with Crippen LogP contribution >= 0.6 is 15.2 Å². The predicted molar refractivity (Wildman–Crippen MR) is 65.2 cm³/mol. The molecule has 0 aliphatic heterocycles. The molecule has 0 saturated heterocycles. The first kappa shape index (κ1) is 28.0. The summed E-state index contributed by atoms with van der Waals surface area (Å²) in [5.74, 6) is 0. The molecule has 0 aromatic carbocycles. The Bertz CT molecular complexity index is 269. The van der Waals surface area contributed by atoms with Crippen molar-refractivity contribution in [1.82, 2.24) is 0 Å². The van der Waals surface area contributed by atoms with Crippen molar-refractivity contribution >= 4 is 96.1 Å². The van der Waals surface area contributed by atoms with Crippen molar-refractivity contribution < 1.29 is 39.3 Å². The summed E-state index contributed by atoms with van der Waals surface area (Å²) in [7, 11) is -10.6. The van der Waals surface area contributed by atoms with Crippen LogP contribution in [0.1, 0.15) is 12.8 Å². The summed E-state index contributed by atoms with van der Waals surface area (Å²) >= 11 is 0. The van der Waals surface area contributed by atoms with E-state index in [9.17, 15) is 14.2 Å². The molecule has 0 atom stereocenters. The third-order valence-corrected chi connectivity index (χ3v) is 5.53. The predicted octanol–water partition coefficient (Wildman–Crippen LogP) is -3.39. The van der Waals surface area contributed by atoms with Crippen LogP contribution in [0.25, 0.3) is 0 Å². The van der Waals surface area contributed by atoms with Crippen LogP contribution in [0.2, 0.25) is 0 Å². The van der Waals surface area contributed by atoms with Crippen molar-refractivity contribution in [3.63, 3.8) is 0 Å². The zero-order valence-electron chi connectivity index (χ0n) is 7.65. The molecule has 9 N–H and O–H groups in total. The fourth-order valence-electron chi connectivity index (χ4n) is 0.800. The van der Waals surface area contributed by atoms with E-state index in [1.54, 1.807) is 0 Å². The van der Waals surface area contributed by atoms with Crippen LogP contribution in [-0.4, -0.2) is 123 Å². The van der Waals surface area contributed by atoms with E-state index in [-0.39, 0.29) is 99.4 Å².